The largest absolute Gasteiger partial charge is 0.497 e. The van der Waals surface area contributed by atoms with Crippen molar-refractivity contribution in [2.24, 2.45) is 14.1 Å². The van der Waals surface area contributed by atoms with Crippen LogP contribution in [0.15, 0.2) is 40.1 Å². The van der Waals surface area contributed by atoms with Crippen LogP contribution < -0.4 is 16.0 Å². The number of nitrogens with zero attached hydrogens (tertiary/aromatic N) is 3. The molecule has 0 fully saturated rings. The highest BCUT2D eigenvalue weighted by atomic mass is 16.5. The molecule has 7 nitrogen and oxygen atoms in total. The molecular weight excluding hydrogens is 310 g/mol. The Morgan fingerprint density at radius 2 is 1.83 bits per heavy atom. The van der Waals surface area contributed by atoms with Crippen molar-refractivity contribution < 1.29 is 9.84 Å². The Hall–Kier alpha value is -2.38. The average molecular weight is 333 g/mol. The second kappa shape index (κ2) is 7.46. The summed E-state index contributed by atoms with van der Waals surface area (Å²) >= 11 is 0. The van der Waals surface area contributed by atoms with E-state index in [9.17, 15) is 14.7 Å². The van der Waals surface area contributed by atoms with Crippen molar-refractivity contribution >= 4 is 0 Å². The predicted molar refractivity (Wildman–Crippen MR) is 91.2 cm³/mol. The van der Waals surface area contributed by atoms with Gasteiger partial charge in [0.15, 0.2) is 0 Å². The average Bonchev–Trinajstić information content (AvgIpc) is 2.59. The van der Waals surface area contributed by atoms with Crippen molar-refractivity contribution in [1.29, 1.82) is 0 Å². The molecule has 0 amide bonds. The zero-order valence-electron chi connectivity index (χ0n) is 14.4. The summed E-state index contributed by atoms with van der Waals surface area (Å²) in [6, 6.07) is 7.16. The molecule has 130 valence electrons. The molecule has 1 aromatic heterocycles. The predicted octanol–water partition coefficient (Wildman–Crippen LogP) is 0.258. The third kappa shape index (κ3) is 3.58. The van der Waals surface area contributed by atoms with Gasteiger partial charge in [-0.3, -0.25) is 14.3 Å². The summed E-state index contributed by atoms with van der Waals surface area (Å²) in [5, 5.41) is 9.77. The van der Waals surface area contributed by atoms with Crippen LogP contribution in [0.25, 0.3) is 0 Å². The van der Waals surface area contributed by atoms with Crippen molar-refractivity contribution in [3.8, 4) is 5.75 Å². The van der Waals surface area contributed by atoms with Gasteiger partial charge in [0.2, 0.25) is 0 Å². The molecule has 0 aliphatic heterocycles. The molecule has 0 aliphatic rings. The summed E-state index contributed by atoms with van der Waals surface area (Å²) in [7, 11) is 6.50. The normalized spacial score (nSPS) is 12.4. The SMILES string of the molecule is COc1ccc([C@@H](CO)N(C)Cc2cn(C)c(=O)n(C)c2=O)cc1. The summed E-state index contributed by atoms with van der Waals surface area (Å²) in [6.07, 6.45) is 1.55. The Labute approximate surface area is 140 Å². The van der Waals surface area contributed by atoms with Crippen LogP contribution in [-0.2, 0) is 20.6 Å². The molecule has 0 spiro atoms. The van der Waals surface area contributed by atoms with Gasteiger partial charge in [0, 0.05) is 32.4 Å². The van der Waals surface area contributed by atoms with Crippen LogP contribution in [0.4, 0.5) is 0 Å². The van der Waals surface area contributed by atoms with E-state index in [0.717, 1.165) is 15.9 Å². The summed E-state index contributed by atoms with van der Waals surface area (Å²) in [5.74, 6) is 0.741. The number of benzene rings is 1. The number of aliphatic hydroxyl groups excluding tert-OH is 1. The molecule has 0 radical (unpaired) electrons. The second-order valence-electron chi connectivity index (χ2n) is 5.80. The highest BCUT2D eigenvalue weighted by Gasteiger charge is 2.18. The smallest absolute Gasteiger partial charge is 0.330 e. The van der Waals surface area contributed by atoms with Gasteiger partial charge >= 0.3 is 5.69 Å². The lowest BCUT2D eigenvalue weighted by Gasteiger charge is -2.27. The highest BCUT2D eigenvalue weighted by Crippen LogP contribution is 2.22. The standard InChI is InChI=1S/C17H23N3O4/c1-18(9-13-10-19(2)17(23)20(3)16(13)22)15(11-21)12-5-7-14(24-4)8-6-12/h5-8,10,15,21H,9,11H2,1-4H3/t15-/m1/s1. The topological polar surface area (TPSA) is 76.7 Å². The van der Waals surface area contributed by atoms with Crippen molar-refractivity contribution in [3.05, 3.63) is 62.4 Å². The van der Waals surface area contributed by atoms with Gasteiger partial charge in [-0.05, 0) is 24.7 Å². The molecule has 0 unspecified atom stereocenters. The summed E-state index contributed by atoms with van der Waals surface area (Å²) in [6.45, 7) is 0.229. The maximum Gasteiger partial charge on any atom is 0.330 e. The summed E-state index contributed by atoms with van der Waals surface area (Å²) in [5.41, 5.74) is 0.730. The first-order chi connectivity index (χ1) is 11.4. The maximum absolute atomic E-state index is 12.3. The molecule has 1 N–H and O–H groups in total. The van der Waals surface area contributed by atoms with Gasteiger partial charge in [0.1, 0.15) is 5.75 Å². The molecule has 1 heterocycles. The van der Waals surface area contributed by atoms with Crippen LogP contribution >= 0.6 is 0 Å². The van der Waals surface area contributed by atoms with E-state index < -0.39 is 0 Å². The molecule has 0 aliphatic carbocycles. The lowest BCUT2D eigenvalue weighted by Crippen LogP contribution is -2.40. The lowest BCUT2D eigenvalue weighted by molar-refractivity contribution is 0.141. The molecule has 24 heavy (non-hydrogen) atoms. The summed E-state index contributed by atoms with van der Waals surface area (Å²) < 4.78 is 7.61. The first-order valence-corrected chi connectivity index (χ1v) is 7.59. The van der Waals surface area contributed by atoms with E-state index in [0.29, 0.717) is 12.1 Å². The summed E-state index contributed by atoms with van der Waals surface area (Å²) in [4.78, 5) is 25.9. The fourth-order valence-electron chi connectivity index (χ4n) is 2.70. The number of hydrogen-bond donors (Lipinski definition) is 1. The number of methoxy groups -OCH3 is 1. The highest BCUT2D eigenvalue weighted by molar-refractivity contribution is 5.29. The monoisotopic (exact) mass is 333 g/mol. The Morgan fingerprint density at radius 3 is 2.38 bits per heavy atom. The third-order valence-electron chi connectivity index (χ3n) is 4.14. The van der Waals surface area contributed by atoms with E-state index in [1.54, 1.807) is 20.4 Å². The Kier molecular flexibility index (Phi) is 5.58. The minimum Gasteiger partial charge on any atom is -0.497 e. The molecule has 0 saturated heterocycles. The minimum atomic E-state index is -0.361. The van der Waals surface area contributed by atoms with Crippen LogP contribution in [0.3, 0.4) is 0 Å². The van der Waals surface area contributed by atoms with Gasteiger partial charge in [0.05, 0.1) is 19.8 Å². The molecule has 7 heteroatoms. The molecule has 1 aromatic carbocycles. The first kappa shape index (κ1) is 18.0. The zero-order chi connectivity index (χ0) is 17.9. The van der Waals surface area contributed by atoms with E-state index in [2.05, 4.69) is 0 Å². The van der Waals surface area contributed by atoms with Crippen LogP contribution in [0.1, 0.15) is 17.2 Å². The Bertz CT molecular complexity index is 808. The van der Waals surface area contributed by atoms with Gasteiger partial charge < -0.3 is 14.4 Å². The van der Waals surface area contributed by atoms with E-state index in [-0.39, 0.29) is 23.9 Å². The molecular formula is C17H23N3O4. The number of aromatic nitrogens is 2. The van der Waals surface area contributed by atoms with E-state index in [4.69, 9.17) is 4.74 Å². The third-order valence-corrected chi connectivity index (χ3v) is 4.14. The number of aliphatic hydroxyl groups is 1. The quantitative estimate of drug-likeness (QED) is 0.820. The molecule has 0 saturated carbocycles. The number of aryl methyl sites for hydroxylation is 1. The van der Waals surface area contributed by atoms with Crippen LogP contribution in [0.5, 0.6) is 5.75 Å². The van der Waals surface area contributed by atoms with E-state index >= 15 is 0 Å². The Morgan fingerprint density at radius 1 is 1.21 bits per heavy atom. The molecule has 1 atom stereocenters. The van der Waals surface area contributed by atoms with Crippen LogP contribution in [-0.4, -0.2) is 39.9 Å². The number of ether oxygens (including phenoxy) is 1. The number of hydrogen-bond acceptors (Lipinski definition) is 5. The first-order valence-electron chi connectivity index (χ1n) is 7.59. The van der Waals surface area contributed by atoms with Crippen LogP contribution in [0, 0.1) is 0 Å². The zero-order valence-corrected chi connectivity index (χ0v) is 14.4. The van der Waals surface area contributed by atoms with E-state index in [1.165, 1.54) is 11.6 Å². The van der Waals surface area contributed by atoms with Gasteiger partial charge in [-0.2, -0.15) is 0 Å². The lowest BCUT2D eigenvalue weighted by atomic mass is 10.1. The Balaban J connectivity index is 2.28. The number of rotatable bonds is 6. The number of likely N-dealkylation sites (N-methyl/N-ethyl adjacent to an activating group) is 1. The van der Waals surface area contributed by atoms with Crippen molar-refractivity contribution in [2.45, 2.75) is 12.6 Å². The van der Waals surface area contributed by atoms with Gasteiger partial charge in [-0.15, -0.1) is 0 Å². The van der Waals surface area contributed by atoms with Crippen molar-refractivity contribution in [3.63, 3.8) is 0 Å². The molecule has 2 rings (SSSR count). The van der Waals surface area contributed by atoms with E-state index in [1.807, 2.05) is 36.2 Å². The molecule has 2 aromatic rings. The molecule has 0 bridgehead atoms. The second-order valence-corrected chi connectivity index (χ2v) is 5.80. The van der Waals surface area contributed by atoms with Crippen molar-refractivity contribution in [1.82, 2.24) is 14.0 Å². The van der Waals surface area contributed by atoms with Gasteiger partial charge in [-0.1, -0.05) is 12.1 Å². The van der Waals surface area contributed by atoms with Crippen LogP contribution in [0.2, 0.25) is 0 Å². The van der Waals surface area contributed by atoms with Gasteiger partial charge in [-0.25, -0.2) is 4.79 Å². The maximum atomic E-state index is 12.3. The van der Waals surface area contributed by atoms with Gasteiger partial charge in [0.25, 0.3) is 5.56 Å². The fourth-order valence-corrected chi connectivity index (χ4v) is 2.70. The minimum absolute atomic E-state index is 0.0884. The van der Waals surface area contributed by atoms with Crippen molar-refractivity contribution in [2.75, 3.05) is 20.8 Å². The fraction of sp³-hybridized carbons (Fsp3) is 0.412.